The Balaban J connectivity index is 1.71. The number of piperidine rings is 1. The van der Waals surface area contributed by atoms with Crippen LogP contribution >= 0.6 is 0 Å². The highest BCUT2D eigenvalue weighted by Gasteiger charge is 2.35. The van der Waals surface area contributed by atoms with Crippen LogP contribution in [0.1, 0.15) is 26.2 Å². The maximum Gasteiger partial charge on any atom is 0.222 e. The number of nitrogen functional groups attached to an aromatic ring is 1. The Morgan fingerprint density at radius 3 is 2.90 bits per heavy atom. The monoisotopic (exact) mass is 274 g/mol. The Labute approximate surface area is 119 Å². The van der Waals surface area contributed by atoms with Crippen LogP contribution in [-0.2, 0) is 4.79 Å². The van der Waals surface area contributed by atoms with Gasteiger partial charge in [0.1, 0.15) is 0 Å². The zero-order valence-electron chi connectivity index (χ0n) is 12.0. The van der Waals surface area contributed by atoms with Crippen LogP contribution in [-0.4, -0.2) is 41.5 Å². The van der Waals surface area contributed by atoms with E-state index in [1.807, 2.05) is 6.07 Å². The van der Waals surface area contributed by atoms with Crippen LogP contribution in [0.25, 0.3) is 0 Å². The Kier molecular flexibility index (Phi) is 3.51. The topological polar surface area (TPSA) is 62.5 Å². The van der Waals surface area contributed by atoms with Crippen molar-refractivity contribution in [3.8, 4) is 0 Å². The van der Waals surface area contributed by atoms with Crippen molar-refractivity contribution in [3.63, 3.8) is 0 Å². The van der Waals surface area contributed by atoms with Crippen LogP contribution in [0.3, 0.4) is 0 Å². The van der Waals surface area contributed by atoms with E-state index in [1.54, 1.807) is 12.4 Å². The summed E-state index contributed by atoms with van der Waals surface area (Å²) in [5.74, 6) is 0.803. The molecule has 2 aliphatic heterocycles. The molecule has 5 heteroatoms. The fourth-order valence-corrected chi connectivity index (χ4v) is 3.52. The van der Waals surface area contributed by atoms with Crippen molar-refractivity contribution in [2.45, 2.75) is 32.2 Å². The molecule has 0 saturated carbocycles. The van der Waals surface area contributed by atoms with E-state index < -0.39 is 0 Å². The van der Waals surface area contributed by atoms with Crippen molar-refractivity contribution in [1.82, 2.24) is 9.88 Å². The molecule has 2 aliphatic rings. The summed E-state index contributed by atoms with van der Waals surface area (Å²) in [6.07, 6.45) is 6.25. The number of carbonyl (C=O) groups excluding carboxylic acids is 1. The number of rotatable bonds is 2. The largest absolute Gasteiger partial charge is 0.396 e. The van der Waals surface area contributed by atoms with Crippen molar-refractivity contribution in [2.75, 3.05) is 30.3 Å². The molecule has 2 N–H and O–H groups in total. The van der Waals surface area contributed by atoms with E-state index in [1.165, 1.54) is 0 Å². The number of anilines is 2. The standard InChI is InChI=1S/C15H22N4O/c1-11-10-18(14-4-6-17-9-12(14)16)8-5-13(11)19-7-2-3-15(19)20/h4,6,9,11,13H,2-3,5,7-8,10,16H2,1H3. The maximum absolute atomic E-state index is 11.9. The first-order valence-corrected chi connectivity index (χ1v) is 7.40. The van der Waals surface area contributed by atoms with E-state index >= 15 is 0 Å². The van der Waals surface area contributed by atoms with Crippen molar-refractivity contribution in [3.05, 3.63) is 18.5 Å². The lowest BCUT2D eigenvalue weighted by Crippen LogP contribution is -2.50. The molecule has 0 aliphatic carbocycles. The summed E-state index contributed by atoms with van der Waals surface area (Å²) < 4.78 is 0. The molecular weight excluding hydrogens is 252 g/mol. The van der Waals surface area contributed by atoms with E-state index in [0.29, 0.717) is 17.9 Å². The maximum atomic E-state index is 11.9. The second-order valence-electron chi connectivity index (χ2n) is 5.90. The predicted molar refractivity (Wildman–Crippen MR) is 79.4 cm³/mol. The van der Waals surface area contributed by atoms with Crippen LogP contribution in [0.5, 0.6) is 0 Å². The fraction of sp³-hybridized carbons (Fsp3) is 0.600. The zero-order chi connectivity index (χ0) is 14.1. The van der Waals surface area contributed by atoms with Gasteiger partial charge in [-0.25, -0.2) is 0 Å². The van der Waals surface area contributed by atoms with Gasteiger partial charge < -0.3 is 15.5 Å². The number of hydrogen-bond acceptors (Lipinski definition) is 4. The molecule has 0 bridgehead atoms. The average Bonchev–Trinajstić information content (AvgIpc) is 2.85. The minimum Gasteiger partial charge on any atom is -0.396 e. The number of hydrogen-bond donors (Lipinski definition) is 1. The Morgan fingerprint density at radius 1 is 1.40 bits per heavy atom. The number of nitrogens with two attached hydrogens (primary N) is 1. The first kappa shape index (κ1) is 13.2. The zero-order valence-corrected chi connectivity index (χ0v) is 12.0. The molecule has 2 saturated heterocycles. The van der Waals surface area contributed by atoms with Crippen molar-refractivity contribution in [2.24, 2.45) is 5.92 Å². The fourth-order valence-electron chi connectivity index (χ4n) is 3.52. The summed E-state index contributed by atoms with van der Waals surface area (Å²) in [4.78, 5) is 20.4. The molecule has 0 aromatic carbocycles. The van der Waals surface area contributed by atoms with E-state index in [0.717, 1.165) is 50.3 Å². The molecule has 1 amide bonds. The number of aromatic nitrogens is 1. The van der Waals surface area contributed by atoms with Gasteiger partial charge in [0.2, 0.25) is 5.91 Å². The van der Waals surface area contributed by atoms with Gasteiger partial charge in [0.15, 0.2) is 0 Å². The van der Waals surface area contributed by atoms with Crippen molar-refractivity contribution >= 4 is 17.3 Å². The van der Waals surface area contributed by atoms with Crippen LogP contribution < -0.4 is 10.6 Å². The summed E-state index contributed by atoms with van der Waals surface area (Å²) in [6, 6.07) is 2.37. The summed E-state index contributed by atoms with van der Waals surface area (Å²) in [5, 5.41) is 0. The highest BCUT2D eigenvalue weighted by Crippen LogP contribution is 2.30. The second kappa shape index (κ2) is 5.31. The van der Waals surface area contributed by atoms with Gasteiger partial charge in [-0.15, -0.1) is 0 Å². The normalized spacial score (nSPS) is 27.1. The van der Waals surface area contributed by atoms with E-state index in [4.69, 9.17) is 5.73 Å². The van der Waals surface area contributed by atoms with Gasteiger partial charge in [-0.05, 0) is 24.8 Å². The summed E-state index contributed by atoms with van der Waals surface area (Å²) >= 11 is 0. The van der Waals surface area contributed by atoms with Gasteiger partial charge in [-0.2, -0.15) is 0 Å². The van der Waals surface area contributed by atoms with Gasteiger partial charge in [-0.1, -0.05) is 6.92 Å². The number of likely N-dealkylation sites (tertiary alicyclic amines) is 1. The lowest BCUT2D eigenvalue weighted by atomic mass is 9.92. The summed E-state index contributed by atoms with van der Waals surface area (Å²) in [5.41, 5.74) is 7.81. The molecule has 0 spiro atoms. The third kappa shape index (κ3) is 2.32. The Morgan fingerprint density at radius 2 is 2.25 bits per heavy atom. The first-order valence-electron chi connectivity index (χ1n) is 7.40. The second-order valence-corrected chi connectivity index (χ2v) is 5.90. The third-order valence-corrected chi connectivity index (χ3v) is 4.54. The third-order valence-electron chi connectivity index (χ3n) is 4.54. The van der Waals surface area contributed by atoms with Gasteiger partial charge >= 0.3 is 0 Å². The van der Waals surface area contributed by atoms with Crippen LogP contribution in [0.2, 0.25) is 0 Å². The molecule has 108 valence electrons. The molecule has 2 atom stereocenters. The van der Waals surface area contributed by atoms with E-state index in [-0.39, 0.29) is 0 Å². The van der Waals surface area contributed by atoms with Crippen LogP contribution in [0.4, 0.5) is 11.4 Å². The summed E-state index contributed by atoms with van der Waals surface area (Å²) in [7, 11) is 0. The molecule has 1 aromatic heterocycles. The molecule has 2 unspecified atom stereocenters. The smallest absolute Gasteiger partial charge is 0.222 e. The molecule has 5 nitrogen and oxygen atoms in total. The summed E-state index contributed by atoms with van der Waals surface area (Å²) in [6.45, 7) is 5.07. The van der Waals surface area contributed by atoms with Crippen LogP contribution in [0.15, 0.2) is 18.5 Å². The Bertz CT molecular complexity index is 504. The lowest BCUT2D eigenvalue weighted by Gasteiger charge is -2.42. The van der Waals surface area contributed by atoms with Gasteiger partial charge in [-0.3, -0.25) is 9.78 Å². The molecule has 0 radical (unpaired) electrons. The van der Waals surface area contributed by atoms with Gasteiger partial charge in [0.05, 0.1) is 17.6 Å². The van der Waals surface area contributed by atoms with E-state index in [9.17, 15) is 4.79 Å². The van der Waals surface area contributed by atoms with Crippen LogP contribution in [0, 0.1) is 5.92 Å². The predicted octanol–water partition coefficient (Wildman–Crippen LogP) is 1.50. The molecule has 3 rings (SSSR count). The average molecular weight is 274 g/mol. The highest BCUT2D eigenvalue weighted by molar-refractivity contribution is 5.78. The van der Waals surface area contributed by atoms with Crippen molar-refractivity contribution in [1.29, 1.82) is 0 Å². The molecule has 1 aromatic rings. The molecular formula is C15H22N4O. The number of nitrogens with zero attached hydrogens (tertiary/aromatic N) is 3. The number of pyridine rings is 1. The number of carbonyl (C=O) groups is 1. The molecule has 2 fully saturated rings. The Hall–Kier alpha value is -1.78. The molecule has 20 heavy (non-hydrogen) atoms. The van der Waals surface area contributed by atoms with E-state index in [2.05, 4.69) is 21.7 Å². The van der Waals surface area contributed by atoms with Gasteiger partial charge in [0, 0.05) is 38.3 Å². The number of amides is 1. The van der Waals surface area contributed by atoms with Crippen molar-refractivity contribution < 1.29 is 4.79 Å². The lowest BCUT2D eigenvalue weighted by molar-refractivity contribution is -0.130. The highest BCUT2D eigenvalue weighted by atomic mass is 16.2. The minimum atomic E-state index is 0.332. The minimum absolute atomic E-state index is 0.332. The first-order chi connectivity index (χ1) is 9.66. The van der Waals surface area contributed by atoms with Gasteiger partial charge in [0.25, 0.3) is 0 Å². The molecule has 3 heterocycles. The SMILES string of the molecule is CC1CN(c2ccncc2N)CCC1N1CCCC1=O. The quantitative estimate of drug-likeness (QED) is 0.888.